The van der Waals surface area contributed by atoms with Crippen molar-refractivity contribution in [2.45, 2.75) is 17.7 Å². The van der Waals surface area contributed by atoms with Gasteiger partial charge >= 0.3 is 6.03 Å². The molecule has 31 heavy (non-hydrogen) atoms. The highest BCUT2D eigenvalue weighted by atomic mass is 32.2. The first kappa shape index (κ1) is 23.0. The Kier molecular flexibility index (Phi) is 7.80. The van der Waals surface area contributed by atoms with Crippen molar-refractivity contribution in [2.75, 3.05) is 39.3 Å². The number of nitrogens with zero attached hydrogens (tertiary/aromatic N) is 2. The first-order chi connectivity index (χ1) is 14.9. The highest BCUT2D eigenvalue weighted by molar-refractivity contribution is 7.89. The molecular weight excluding hydrogens is 428 g/mol. The summed E-state index contributed by atoms with van der Waals surface area (Å²) < 4.78 is 58.3. The molecule has 2 amide bonds. The molecule has 1 heterocycles. The van der Waals surface area contributed by atoms with Crippen LogP contribution in [-0.2, 0) is 10.0 Å². The number of ether oxygens (including phenoxy) is 1. The Labute approximate surface area is 180 Å². The van der Waals surface area contributed by atoms with Crippen LogP contribution in [0.3, 0.4) is 0 Å². The van der Waals surface area contributed by atoms with E-state index in [2.05, 4.69) is 5.32 Å². The zero-order valence-electron chi connectivity index (χ0n) is 17.0. The smallest absolute Gasteiger partial charge is 0.317 e. The van der Waals surface area contributed by atoms with Crippen LogP contribution >= 0.6 is 0 Å². The number of rotatable bonds is 7. The normalized spacial score (nSPS) is 15.4. The molecule has 0 aliphatic carbocycles. The third-order valence-electron chi connectivity index (χ3n) is 4.87. The minimum Gasteiger partial charge on any atom is -0.494 e. The zero-order chi connectivity index (χ0) is 22.3. The molecule has 1 N–H and O–H groups in total. The van der Waals surface area contributed by atoms with Crippen molar-refractivity contribution in [3.8, 4) is 5.75 Å². The van der Waals surface area contributed by atoms with Crippen molar-refractivity contribution in [2.24, 2.45) is 0 Å². The molecule has 0 aromatic heterocycles. The SMILES string of the molecule is O=C(NCCCOc1ccc(F)cc1)N1CCCN(S(=O)(=O)c2ccc(F)cc2)CC1. The van der Waals surface area contributed by atoms with Gasteiger partial charge in [-0.25, -0.2) is 22.0 Å². The first-order valence-electron chi connectivity index (χ1n) is 10.0. The molecule has 0 atom stereocenters. The number of carbonyl (C=O) groups is 1. The highest BCUT2D eigenvalue weighted by Crippen LogP contribution is 2.18. The van der Waals surface area contributed by atoms with E-state index in [0.717, 1.165) is 12.1 Å². The quantitative estimate of drug-likeness (QED) is 0.654. The molecule has 3 rings (SSSR count). The van der Waals surface area contributed by atoms with Gasteiger partial charge in [0.1, 0.15) is 17.4 Å². The van der Waals surface area contributed by atoms with Gasteiger partial charge in [0.15, 0.2) is 0 Å². The molecule has 1 aliphatic rings. The Morgan fingerprint density at radius 2 is 1.58 bits per heavy atom. The molecule has 7 nitrogen and oxygen atoms in total. The van der Waals surface area contributed by atoms with E-state index in [4.69, 9.17) is 4.74 Å². The van der Waals surface area contributed by atoms with E-state index < -0.39 is 15.8 Å². The van der Waals surface area contributed by atoms with Crippen molar-refractivity contribution in [3.63, 3.8) is 0 Å². The van der Waals surface area contributed by atoms with Crippen LogP contribution in [0, 0.1) is 11.6 Å². The largest absolute Gasteiger partial charge is 0.494 e. The van der Waals surface area contributed by atoms with Gasteiger partial charge in [0.2, 0.25) is 10.0 Å². The van der Waals surface area contributed by atoms with Crippen LogP contribution in [0.2, 0.25) is 0 Å². The fourth-order valence-electron chi connectivity index (χ4n) is 3.19. The average molecular weight is 454 g/mol. The molecule has 1 fully saturated rings. The van der Waals surface area contributed by atoms with Crippen LogP contribution < -0.4 is 10.1 Å². The fraction of sp³-hybridized carbons (Fsp3) is 0.381. The fourth-order valence-corrected chi connectivity index (χ4v) is 4.66. The summed E-state index contributed by atoms with van der Waals surface area (Å²) in [5, 5.41) is 2.80. The van der Waals surface area contributed by atoms with Crippen molar-refractivity contribution < 1.29 is 26.7 Å². The van der Waals surface area contributed by atoms with Gasteiger partial charge in [0, 0.05) is 32.7 Å². The summed E-state index contributed by atoms with van der Waals surface area (Å²) in [6.07, 6.45) is 1.07. The number of hydrogen-bond donors (Lipinski definition) is 1. The Morgan fingerprint density at radius 3 is 2.26 bits per heavy atom. The second-order valence-corrected chi connectivity index (χ2v) is 9.02. The lowest BCUT2D eigenvalue weighted by molar-refractivity contribution is 0.199. The van der Waals surface area contributed by atoms with E-state index in [1.54, 1.807) is 4.90 Å². The predicted molar refractivity (Wildman–Crippen MR) is 111 cm³/mol. The predicted octanol–water partition coefficient (Wildman–Crippen LogP) is 2.84. The maximum absolute atomic E-state index is 13.1. The minimum atomic E-state index is -3.74. The Morgan fingerprint density at radius 1 is 0.935 bits per heavy atom. The maximum atomic E-state index is 13.1. The molecule has 1 saturated heterocycles. The summed E-state index contributed by atoms with van der Waals surface area (Å²) in [5.74, 6) is -0.274. The molecule has 1 aliphatic heterocycles. The standard InChI is InChI=1S/C21H25F2N3O4S/c22-17-3-7-19(8-4-17)30-16-1-11-24-21(27)25-12-2-13-26(15-14-25)31(28,29)20-9-5-18(23)6-10-20/h3-10H,1-2,11-16H2,(H,24,27). The van der Waals surface area contributed by atoms with Crippen molar-refractivity contribution in [3.05, 3.63) is 60.2 Å². The van der Waals surface area contributed by atoms with Crippen LogP contribution in [0.25, 0.3) is 0 Å². The number of hydrogen-bond acceptors (Lipinski definition) is 4. The Balaban J connectivity index is 1.42. The zero-order valence-corrected chi connectivity index (χ0v) is 17.8. The number of urea groups is 1. The third-order valence-corrected chi connectivity index (χ3v) is 6.79. The van der Waals surface area contributed by atoms with Crippen molar-refractivity contribution >= 4 is 16.1 Å². The van der Waals surface area contributed by atoms with E-state index in [9.17, 15) is 22.0 Å². The summed E-state index contributed by atoms with van der Waals surface area (Å²) in [7, 11) is -3.74. The minimum absolute atomic E-state index is 0.0351. The number of nitrogens with one attached hydrogen (secondary N) is 1. The van der Waals surface area contributed by atoms with Gasteiger partial charge in [0.05, 0.1) is 11.5 Å². The average Bonchev–Trinajstić information content (AvgIpc) is 3.02. The second-order valence-electron chi connectivity index (χ2n) is 7.09. The van der Waals surface area contributed by atoms with E-state index in [1.807, 2.05) is 0 Å². The summed E-state index contributed by atoms with van der Waals surface area (Å²) in [4.78, 5) is 14.0. The summed E-state index contributed by atoms with van der Waals surface area (Å²) in [6.45, 7) is 1.92. The van der Waals surface area contributed by atoms with E-state index in [0.29, 0.717) is 38.3 Å². The van der Waals surface area contributed by atoms with Gasteiger partial charge in [0.25, 0.3) is 0 Å². The molecular formula is C21H25F2N3O4S. The van der Waals surface area contributed by atoms with Crippen LogP contribution in [0.5, 0.6) is 5.75 Å². The van der Waals surface area contributed by atoms with E-state index in [1.165, 1.54) is 40.7 Å². The Bertz CT molecular complexity index is 969. The lowest BCUT2D eigenvalue weighted by Gasteiger charge is -2.22. The van der Waals surface area contributed by atoms with Crippen LogP contribution in [0.4, 0.5) is 13.6 Å². The van der Waals surface area contributed by atoms with Gasteiger partial charge in [-0.05, 0) is 61.4 Å². The number of carbonyl (C=O) groups excluding carboxylic acids is 1. The van der Waals surface area contributed by atoms with E-state index >= 15 is 0 Å². The van der Waals surface area contributed by atoms with Crippen molar-refractivity contribution in [1.29, 1.82) is 0 Å². The number of amides is 2. The Hall–Kier alpha value is -2.72. The van der Waals surface area contributed by atoms with Crippen LogP contribution in [0.1, 0.15) is 12.8 Å². The van der Waals surface area contributed by atoms with Gasteiger partial charge in [-0.3, -0.25) is 0 Å². The van der Waals surface area contributed by atoms with Crippen molar-refractivity contribution in [1.82, 2.24) is 14.5 Å². The van der Waals surface area contributed by atoms with Gasteiger partial charge in [-0.1, -0.05) is 0 Å². The molecule has 0 saturated carbocycles. The monoisotopic (exact) mass is 453 g/mol. The van der Waals surface area contributed by atoms with Gasteiger partial charge in [-0.2, -0.15) is 4.31 Å². The number of sulfonamides is 1. The summed E-state index contributed by atoms with van der Waals surface area (Å²) in [5.41, 5.74) is 0. The second kappa shape index (κ2) is 10.5. The molecule has 0 radical (unpaired) electrons. The lowest BCUT2D eigenvalue weighted by atomic mass is 10.3. The highest BCUT2D eigenvalue weighted by Gasteiger charge is 2.28. The summed E-state index contributed by atoms with van der Waals surface area (Å²) >= 11 is 0. The number of halogens is 2. The third kappa shape index (κ3) is 6.38. The molecule has 0 spiro atoms. The topological polar surface area (TPSA) is 79.0 Å². The molecule has 168 valence electrons. The molecule has 2 aromatic carbocycles. The van der Waals surface area contributed by atoms with Gasteiger partial charge in [-0.15, -0.1) is 0 Å². The maximum Gasteiger partial charge on any atom is 0.317 e. The summed E-state index contributed by atoms with van der Waals surface area (Å²) in [6, 6.07) is 10.2. The first-order valence-corrected chi connectivity index (χ1v) is 11.5. The molecule has 0 unspecified atom stereocenters. The lowest BCUT2D eigenvalue weighted by Crippen LogP contribution is -2.43. The molecule has 2 aromatic rings. The van der Waals surface area contributed by atoms with Crippen LogP contribution in [-0.4, -0.2) is 63.0 Å². The molecule has 0 bridgehead atoms. The molecule has 10 heteroatoms. The number of benzene rings is 2. The van der Waals surface area contributed by atoms with Crippen LogP contribution in [0.15, 0.2) is 53.4 Å². The van der Waals surface area contributed by atoms with Gasteiger partial charge < -0.3 is 15.0 Å². The van der Waals surface area contributed by atoms with E-state index in [-0.39, 0.29) is 36.4 Å².